The first-order valence-electron chi connectivity index (χ1n) is 13.2. The van der Waals surface area contributed by atoms with Crippen molar-refractivity contribution in [3.8, 4) is 0 Å². The third-order valence-electron chi connectivity index (χ3n) is 9.10. The quantitative estimate of drug-likeness (QED) is 0.441. The smallest absolute Gasteiger partial charge is 0.235 e. The molecule has 1 amide bonds. The molecular formula is C30H38N2O4. The summed E-state index contributed by atoms with van der Waals surface area (Å²) in [5, 5.41) is 15.5. The highest BCUT2D eigenvalue weighted by molar-refractivity contribution is 6.09. The van der Waals surface area contributed by atoms with Gasteiger partial charge in [0.25, 0.3) is 0 Å². The number of hydrogen-bond acceptors (Lipinski definition) is 4. The zero-order valence-corrected chi connectivity index (χ0v) is 21.7. The van der Waals surface area contributed by atoms with Gasteiger partial charge in [-0.15, -0.1) is 0 Å². The molecule has 1 spiro atoms. The van der Waals surface area contributed by atoms with Crippen molar-refractivity contribution in [3.05, 3.63) is 59.8 Å². The van der Waals surface area contributed by atoms with Gasteiger partial charge < -0.3 is 20.1 Å². The largest absolute Gasteiger partial charge is 0.390 e. The van der Waals surface area contributed by atoms with Crippen LogP contribution in [0.15, 0.2) is 54.3 Å². The highest BCUT2D eigenvalue weighted by atomic mass is 16.5. The summed E-state index contributed by atoms with van der Waals surface area (Å²) in [6.07, 6.45) is 8.97. The fourth-order valence-corrected chi connectivity index (χ4v) is 7.08. The Hall–Kier alpha value is -2.70. The van der Waals surface area contributed by atoms with Crippen LogP contribution in [0.1, 0.15) is 45.6 Å². The van der Waals surface area contributed by atoms with E-state index in [4.69, 9.17) is 4.74 Å². The van der Waals surface area contributed by atoms with Gasteiger partial charge >= 0.3 is 0 Å². The van der Waals surface area contributed by atoms with E-state index < -0.39 is 17.6 Å². The first-order valence-corrected chi connectivity index (χ1v) is 13.2. The molecule has 5 rings (SSSR count). The van der Waals surface area contributed by atoms with E-state index in [1.807, 2.05) is 24.4 Å². The number of aliphatic hydroxyl groups excluding tert-OH is 1. The number of benzene rings is 1. The number of para-hydroxylation sites is 1. The van der Waals surface area contributed by atoms with Gasteiger partial charge in [0.05, 0.1) is 12.2 Å². The lowest BCUT2D eigenvalue weighted by atomic mass is 9.54. The number of Topliss-reactive ketones (excluding diaryl/α,β-unsaturated/α-hetero) is 1. The van der Waals surface area contributed by atoms with Crippen molar-refractivity contribution >= 4 is 22.6 Å². The van der Waals surface area contributed by atoms with E-state index in [9.17, 15) is 14.7 Å². The monoisotopic (exact) mass is 490 g/mol. The molecule has 0 radical (unpaired) electrons. The number of aliphatic hydroxyl groups is 1. The van der Waals surface area contributed by atoms with Crippen LogP contribution in [-0.2, 0) is 20.7 Å². The van der Waals surface area contributed by atoms with Gasteiger partial charge in [0.15, 0.2) is 5.78 Å². The maximum Gasteiger partial charge on any atom is 0.235 e. The first kappa shape index (κ1) is 25.0. The molecule has 0 bridgehead atoms. The van der Waals surface area contributed by atoms with Gasteiger partial charge in [-0.2, -0.15) is 0 Å². The second-order valence-electron chi connectivity index (χ2n) is 11.2. The number of hydrogen-bond donors (Lipinski definition) is 3. The van der Waals surface area contributed by atoms with E-state index >= 15 is 0 Å². The van der Waals surface area contributed by atoms with Crippen molar-refractivity contribution in [1.82, 2.24) is 10.3 Å². The Morgan fingerprint density at radius 3 is 2.75 bits per heavy atom. The molecule has 6 heteroatoms. The van der Waals surface area contributed by atoms with Crippen LogP contribution in [0.2, 0.25) is 0 Å². The molecule has 1 aliphatic heterocycles. The maximum atomic E-state index is 14.2. The highest BCUT2D eigenvalue weighted by Crippen LogP contribution is 2.55. The van der Waals surface area contributed by atoms with E-state index in [2.05, 4.69) is 55.4 Å². The Labute approximate surface area is 213 Å². The molecule has 3 aliphatic rings. The fourth-order valence-electron chi connectivity index (χ4n) is 7.08. The number of nitrogens with one attached hydrogen (secondary N) is 2. The van der Waals surface area contributed by atoms with Crippen LogP contribution >= 0.6 is 0 Å². The van der Waals surface area contributed by atoms with Crippen molar-refractivity contribution in [2.45, 2.75) is 64.7 Å². The van der Waals surface area contributed by atoms with Crippen LogP contribution in [0.3, 0.4) is 0 Å². The van der Waals surface area contributed by atoms with Gasteiger partial charge in [-0.3, -0.25) is 9.59 Å². The Morgan fingerprint density at radius 2 is 1.97 bits per heavy atom. The summed E-state index contributed by atoms with van der Waals surface area (Å²) in [7, 11) is 1.58. The predicted molar refractivity (Wildman–Crippen MR) is 140 cm³/mol. The van der Waals surface area contributed by atoms with Crippen LogP contribution in [0.25, 0.3) is 10.9 Å². The summed E-state index contributed by atoms with van der Waals surface area (Å²) in [5.74, 6) is -0.593. The summed E-state index contributed by atoms with van der Waals surface area (Å²) in [4.78, 5) is 31.5. The van der Waals surface area contributed by atoms with Gasteiger partial charge in [-0.1, -0.05) is 55.8 Å². The molecule has 1 aromatic heterocycles. The van der Waals surface area contributed by atoms with E-state index in [1.165, 1.54) is 5.57 Å². The predicted octanol–water partition coefficient (Wildman–Crippen LogP) is 4.34. The molecule has 8 atom stereocenters. The Morgan fingerprint density at radius 1 is 1.19 bits per heavy atom. The SMILES string of the molecule is COC1CC(C)C/C=C/C2C=C(C)C(C)C3C(Cc4c[nH]c5ccccc45)NC(=O)C23C(=O)CC1O. The van der Waals surface area contributed by atoms with Gasteiger partial charge in [-0.05, 0) is 49.7 Å². The molecule has 2 aromatic rings. The first-order chi connectivity index (χ1) is 17.3. The molecule has 2 aliphatic carbocycles. The summed E-state index contributed by atoms with van der Waals surface area (Å²) >= 11 is 0. The van der Waals surface area contributed by atoms with Crippen molar-refractivity contribution in [3.63, 3.8) is 0 Å². The Balaban J connectivity index is 1.59. The van der Waals surface area contributed by atoms with Crippen LogP contribution < -0.4 is 5.32 Å². The number of rotatable bonds is 3. The second-order valence-corrected chi connectivity index (χ2v) is 11.2. The molecule has 6 nitrogen and oxygen atoms in total. The van der Waals surface area contributed by atoms with Crippen LogP contribution in [-0.4, -0.2) is 47.1 Å². The van der Waals surface area contributed by atoms with Gasteiger partial charge in [0, 0.05) is 48.5 Å². The third kappa shape index (κ3) is 3.95. The number of carbonyl (C=O) groups excluding carboxylic acids is 2. The molecule has 1 saturated heterocycles. The third-order valence-corrected chi connectivity index (χ3v) is 9.10. The normalized spacial score (nSPS) is 38.0. The topological polar surface area (TPSA) is 91.4 Å². The number of aromatic amines is 1. The summed E-state index contributed by atoms with van der Waals surface area (Å²) in [5.41, 5.74) is 2.17. The lowest BCUT2D eigenvalue weighted by Gasteiger charge is -2.45. The molecule has 1 aromatic carbocycles. The summed E-state index contributed by atoms with van der Waals surface area (Å²) in [6, 6.07) is 7.98. The molecule has 36 heavy (non-hydrogen) atoms. The van der Waals surface area contributed by atoms with Crippen molar-refractivity contribution in [2.75, 3.05) is 7.11 Å². The molecule has 1 fully saturated rings. The van der Waals surface area contributed by atoms with Gasteiger partial charge in [-0.25, -0.2) is 0 Å². The number of H-pyrrole nitrogens is 1. The minimum atomic E-state index is -1.24. The van der Waals surface area contributed by atoms with Gasteiger partial charge in [0.1, 0.15) is 5.41 Å². The van der Waals surface area contributed by atoms with Crippen LogP contribution in [0.4, 0.5) is 0 Å². The Kier molecular flexibility index (Phi) is 6.69. The minimum absolute atomic E-state index is 0.0483. The number of ketones is 1. The minimum Gasteiger partial charge on any atom is -0.390 e. The van der Waals surface area contributed by atoms with Crippen molar-refractivity contribution < 1.29 is 19.4 Å². The number of allylic oxidation sites excluding steroid dienone is 4. The number of aromatic nitrogens is 1. The van der Waals surface area contributed by atoms with Crippen molar-refractivity contribution in [2.24, 2.45) is 29.1 Å². The molecule has 192 valence electrons. The Bertz CT molecular complexity index is 1210. The maximum absolute atomic E-state index is 14.2. The second kappa shape index (κ2) is 9.64. The number of fused-ring (bicyclic) bond motifs is 1. The van der Waals surface area contributed by atoms with Crippen molar-refractivity contribution in [1.29, 1.82) is 0 Å². The standard InChI is InChI=1S/C30H38N2O4/c1-17-8-7-9-21-13-18(2)19(3)28-24(14-20-16-31-23-11-6-5-10-22(20)23)32-29(35)30(21,28)27(34)15-25(33)26(12-17)36-4/h5-7,9-11,13,16-17,19,21,24-26,28,31,33H,8,12,14-15H2,1-4H3,(H,32,35)/b9-7+. The number of amides is 1. The molecule has 8 unspecified atom stereocenters. The number of methoxy groups -OCH3 is 1. The molecular weight excluding hydrogens is 452 g/mol. The zero-order valence-electron chi connectivity index (χ0n) is 21.7. The number of carbonyl (C=O) groups is 2. The summed E-state index contributed by atoms with van der Waals surface area (Å²) in [6.45, 7) is 6.38. The molecule has 3 N–H and O–H groups in total. The van der Waals surface area contributed by atoms with E-state index in [0.29, 0.717) is 18.8 Å². The lowest BCUT2D eigenvalue weighted by molar-refractivity contribution is -0.148. The van der Waals surface area contributed by atoms with Gasteiger partial charge in [0.2, 0.25) is 5.91 Å². The van der Waals surface area contributed by atoms with Crippen LogP contribution in [0.5, 0.6) is 0 Å². The van der Waals surface area contributed by atoms with E-state index in [-0.39, 0.29) is 41.9 Å². The fraction of sp³-hybridized carbons (Fsp3) is 0.533. The van der Waals surface area contributed by atoms with E-state index in [1.54, 1.807) is 7.11 Å². The highest BCUT2D eigenvalue weighted by Gasteiger charge is 2.65. The average Bonchev–Trinajstić information content (AvgIpc) is 3.39. The average molecular weight is 491 g/mol. The molecule has 0 saturated carbocycles. The zero-order chi connectivity index (χ0) is 25.6. The molecule has 2 heterocycles. The van der Waals surface area contributed by atoms with Crippen LogP contribution in [0, 0.1) is 29.1 Å². The lowest BCUT2D eigenvalue weighted by Crippen LogP contribution is -2.53. The van der Waals surface area contributed by atoms with E-state index in [0.717, 1.165) is 22.9 Å². The number of ether oxygens (including phenoxy) is 1. The summed E-state index contributed by atoms with van der Waals surface area (Å²) < 4.78 is 5.59.